The summed E-state index contributed by atoms with van der Waals surface area (Å²) < 4.78 is 21.0. The molecule has 0 aliphatic heterocycles. The van der Waals surface area contributed by atoms with Gasteiger partial charge in [0.2, 0.25) is 0 Å². The maximum atomic E-state index is 13.8. The summed E-state index contributed by atoms with van der Waals surface area (Å²) in [5.74, 6) is -0.447. The summed E-state index contributed by atoms with van der Waals surface area (Å²) in [6, 6.07) is 8.46. The molecular weight excluding hydrogens is 338 g/mol. The van der Waals surface area contributed by atoms with Crippen LogP contribution in [0.3, 0.4) is 0 Å². The molecule has 0 N–H and O–H groups in total. The number of pyridine rings is 1. The van der Waals surface area contributed by atoms with E-state index in [0.29, 0.717) is 11.8 Å². The number of ether oxygens (including phenoxy) is 1. The van der Waals surface area contributed by atoms with Crippen molar-refractivity contribution in [3.63, 3.8) is 0 Å². The van der Waals surface area contributed by atoms with Crippen molar-refractivity contribution in [3.8, 4) is 11.1 Å². The molecule has 0 radical (unpaired) electrons. The van der Waals surface area contributed by atoms with Gasteiger partial charge in [0.15, 0.2) is 0 Å². The smallest absolute Gasteiger partial charge is 0.142 e. The second kappa shape index (κ2) is 6.48. The predicted molar refractivity (Wildman–Crippen MR) is 91.7 cm³/mol. The van der Waals surface area contributed by atoms with Crippen LogP contribution >= 0.6 is 23.2 Å². The van der Waals surface area contributed by atoms with E-state index in [2.05, 4.69) is 4.98 Å². The molecule has 0 saturated heterocycles. The number of aromatic nitrogens is 2. The summed E-state index contributed by atoms with van der Waals surface area (Å²) >= 11 is 11.8. The van der Waals surface area contributed by atoms with Crippen LogP contribution in [0.5, 0.6) is 0 Å². The third kappa shape index (κ3) is 3.07. The quantitative estimate of drug-likeness (QED) is 0.591. The standard InChI is InChI=1S/C17H15Cl2FN2O/c1-10(9-23-2)22-8-13(11-3-5-14(18)15(20)7-11)12-4-6-16(19)21-17(12)22/h3-8,10H,9H2,1-2H3/t10-/m1/s1. The number of methoxy groups -OCH3 is 1. The van der Waals surface area contributed by atoms with Crippen LogP contribution in [-0.2, 0) is 4.74 Å². The van der Waals surface area contributed by atoms with Crippen molar-refractivity contribution in [1.29, 1.82) is 0 Å². The van der Waals surface area contributed by atoms with Gasteiger partial charge in [-0.3, -0.25) is 0 Å². The molecule has 0 amide bonds. The lowest BCUT2D eigenvalue weighted by Crippen LogP contribution is -2.10. The Hall–Kier alpha value is -1.62. The molecule has 0 unspecified atom stereocenters. The van der Waals surface area contributed by atoms with Crippen LogP contribution in [0.4, 0.5) is 4.39 Å². The average molecular weight is 353 g/mol. The molecule has 6 heteroatoms. The largest absolute Gasteiger partial charge is 0.383 e. The van der Waals surface area contributed by atoms with Gasteiger partial charge in [0.05, 0.1) is 17.7 Å². The summed E-state index contributed by atoms with van der Waals surface area (Å²) in [4.78, 5) is 4.42. The van der Waals surface area contributed by atoms with E-state index < -0.39 is 5.82 Å². The Balaban J connectivity index is 2.22. The van der Waals surface area contributed by atoms with Crippen molar-refractivity contribution in [2.45, 2.75) is 13.0 Å². The normalized spacial score (nSPS) is 12.7. The molecule has 3 aromatic rings. The summed E-state index contributed by atoms with van der Waals surface area (Å²) in [7, 11) is 1.65. The molecule has 2 heterocycles. The highest BCUT2D eigenvalue weighted by atomic mass is 35.5. The van der Waals surface area contributed by atoms with Gasteiger partial charge in [0.1, 0.15) is 16.6 Å². The fourth-order valence-corrected chi connectivity index (χ4v) is 2.91. The highest BCUT2D eigenvalue weighted by Gasteiger charge is 2.16. The summed E-state index contributed by atoms with van der Waals surface area (Å²) in [5, 5.41) is 1.42. The molecule has 0 spiro atoms. The molecule has 0 saturated carbocycles. The van der Waals surface area contributed by atoms with E-state index in [9.17, 15) is 4.39 Å². The van der Waals surface area contributed by atoms with Crippen molar-refractivity contribution in [2.24, 2.45) is 0 Å². The van der Waals surface area contributed by atoms with E-state index in [1.54, 1.807) is 25.3 Å². The van der Waals surface area contributed by atoms with Gasteiger partial charge in [0.25, 0.3) is 0 Å². The molecule has 1 atom stereocenters. The number of fused-ring (bicyclic) bond motifs is 1. The molecule has 120 valence electrons. The second-order valence-corrected chi connectivity index (χ2v) is 6.18. The van der Waals surface area contributed by atoms with E-state index in [1.165, 1.54) is 6.07 Å². The molecule has 1 aromatic carbocycles. The Morgan fingerprint density at radius 3 is 2.74 bits per heavy atom. The highest BCUT2D eigenvalue weighted by molar-refractivity contribution is 6.31. The maximum Gasteiger partial charge on any atom is 0.142 e. The van der Waals surface area contributed by atoms with Gasteiger partial charge >= 0.3 is 0 Å². The topological polar surface area (TPSA) is 27.1 Å². The highest BCUT2D eigenvalue weighted by Crippen LogP contribution is 2.34. The lowest BCUT2D eigenvalue weighted by atomic mass is 10.1. The van der Waals surface area contributed by atoms with E-state index in [1.807, 2.05) is 23.8 Å². The number of nitrogens with zero attached hydrogens (tertiary/aromatic N) is 2. The van der Waals surface area contributed by atoms with Crippen LogP contribution in [0.25, 0.3) is 22.2 Å². The number of hydrogen-bond donors (Lipinski definition) is 0. The minimum atomic E-state index is -0.447. The zero-order chi connectivity index (χ0) is 16.6. The summed E-state index contributed by atoms with van der Waals surface area (Å²) in [5.41, 5.74) is 2.36. The van der Waals surface area contributed by atoms with Gasteiger partial charge in [-0.05, 0) is 36.8 Å². The summed E-state index contributed by atoms with van der Waals surface area (Å²) in [6.45, 7) is 2.56. The van der Waals surface area contributed by atoms with Crippen molar-refractivity contribution in [3.05, 3.63) is 52.5 Å². The monoisotopic (exact) mass is 352 g/mol. The first-order valence-electron chi connectivity index (χ1n) is 7.12. The van der Waals surface area contributed by atoms with Gasteiger partial charge in [-0.15, -0.1) is 0 Å². The number of hydrogen-bond acceptors (Lipinski definition) is 2. The molecule has 0 fully saturated rings. The Kier molecular flexibility index (Phi) is 4.57. The van der Waals surface area contributed by atoms with Crippen molar-refractivity contribution < 1.29 is 9.13 Å². The number of halogens is 3. The predicted octanol–water partition coefficient (Wildman–Crippen LogP) is 5.36. The average Bonchev–Trinajstić information content (AvgIpc) is 2.89. The van der Waals surface area contributed by atoms with Crippen LogP contribution in [0.15, 0.2) is 36.5 Å². The van der Waals surface area contributed by atoms with Crippen LogP contribution < -0.4 is 0 Å². The Bertz CT molecular complexity index is 863. The first kappa shape index (κ1) is 16.2. The van der Waals surface area contributed by atoms with Gasteiger partial charge in [-0.2, -0.15) is 0 Å². The Morgan fingerprint density at radius 1 is 1.26 bits per heavy atom. The molecule has 0 aliphatic carbocycles. The number of rotatable bonds is 4. The maximum absolute atomic E-state index is 13.8. The molecule has 0 bridgehead atoms. The molecule has 2 aromatic heterocycles. The molecule has 3 nitrogen and oxygen atoms in total. The van der Waals surface area contributed by atoms with Crippen molar-refractivity contribution in [2.75, 3.05) is 13.7 Å². The molecule has 3 rings (SSSR count). The minimum absolute atomic E-state index is 0.0689. The fraction of sp³-hybridized carbons (Fsp3) is 0.235. The first-order chi connectivity index (χ1) is 11.0. The van der Waals surface area contributed by atoms with E-state index in [4.69, 9.17) is 27.9 Å². The van der Waals surface area contributed by atoms with Crippen LogP contribution in [0.1, 0.15) is 13.0 Å². The van der Waals surface area contributed by atoms with Gasteiger partial charge in [-0.25, -0.2) is 9.37 Å². The Morgan fingerprint density at radius 2 is 2.04 bits per heavy atom. The van der Waals surface area contributed by atoms with E-state index in [-0.39, 0.29) is 11.1 Å². The third-order valence-electron chi connectivity index (χ3n) is 3.76. The fourth-order valence-electron chi connectivity index (χ4n) is 2.65. The molecule has 0 aliphatic rings. The van der Waals surface area contributed by atoms with Gasteiger partial charge in [-0.1, -0.05) is 29.3 Å². The first-order valence-corrected chi connectivity index (χ1v) is 7.88. The lowest BCUT2D eigenvalue weighted by molar-refractivity contribution is 0.164. The van der Waals surface area contributed by atoms with Crippen molar-refractivity contribution in [1.82, 2.24) is 9.55 Å². The summed E-state index contributed by atoms with van der Waals surface area (Å²) in [6.07, 6.45) is 1.94. The van der Waals surface area contributed by atoms with Crippen LogP contribution in [0, 0.1) is 5.82 Å². The molecule has 23 heavy (non-hydrogen) atoms. The second-order valence-electron chi connectivity index (χ2n) is 5.39. The lowest BCUT2D eigenvalue weighted by Gasteiger charge is -2.13. The molecular formula is C17H15Cl2FN2O. The zero-order valence-corrected chi connectivity index (χ0v) is 14.2. The SMILES string of the molecule is COC[C@@H](C)n1cc(-c2ccc(Cl)c(F)c2)c2ccc(Cl)nc21. The van der Waals surface area contributed by atoms with Crippen molar-refractivity contribution >= 4 is 34.2 Å². The minimum Gasteiger partial charge on any atom is -0.383 e. The van der Waals surface area contributed by atoms with Gasteiger partial charge in [0, 0.05) is 24.3 Å². The van der Waals surface area contributed by atoms with Crippen LogP contribution in [0.2, 0.25) is 10.2 Å². The van der Waals surface area contributed by atoms with Crippen LogP contribution in [-0.4, -0.2) is 23.3 Å². The van der Waals surface area contributed by atoms with E-state index >= 15 is 0 Å². The van der Waals surface area contributed by atoms with E-state index in [0.717, 1.165) is 22.2 Å². The number of benzene rings is 1. The Labute approximate surface area is 143 Å². The van der Waals surface area contributed by atoms with Gasteiger partial charge < -0.3 is 9.30 Å². The third-order valence-corrected chi connectivity index (χ3v) is 4.27. The zero-order valence-electron chi connectivity index (χ0n) is 12.7.